The molecule has 0 aliphatic carbocycles. The van der Waals surface area contributed by atoms with Crippen LogP contribution in [0.4, 0.5) is 5.69 Å². The average Bonchev–Trinajstić information content (AvgIpc) is 3.19. The molecule has 0 saturated carbocycles. The van der Waals surface area contributed by atoms with Crippen LogP contribution >= 0.6 is 22.9 Å². The molecule has 1 amide bonds. The fraction of sp³-hybridized carbons (Fsp3) is 0.263. The molecular formula is C19H18ClNO5S. The minimum atomic E-state index is -0.640. The summed E-state index contributed by atoms with van der Waals surface area (Å²) in [5, 5.41) is 4.90. The van der Waals surface area contributed by atoms with Crippen molar-refractivity contribution >= 4 is 52.1 Å². The van der Waals surface area contributed by atoms with Crippen LogP contribution in [0.1, 0.15) is 35.4 Å². The summed E-state index contributed by atoms with van der Waals surface area (Å²) in [5.41, 5.74) is 0.533. The number of carbonyl (C=O) groups is 4. The summed E-state index contributed by atoms with van der Waals surface area (Å²) in [5.74, 6) is -1.40. The number of rotatable bonds is 10. The number of benzene rings is 1. The number of thiophene rings is 1. The number of ketones is 2. The smallest absolute Gasteiger partial charge is 0.306 e. The fourth-order valence-electron chi connectivity index (χ4n) is 2.13. The van der Waals surface area contributed by atoms with Gasteiger partial charge in [0.05, 0.1) is 11.3 Å². The number of esters is 1. The van der Waals surface area contributed by atoms with Crippen molar-refractivity contribution < 1.29 is 23.9 Å². The summed E-state index contributed by atoms with van der Waals surface area (Å²) in [4.78, 5) is 47.6. The first kappa shape index (κ1) is 20.8. The molecule has 0 unspecified atom stereocenters. The lowest BCUT2D eigenvalue weighted by atomic mass is 10.1. The summed E-state index contributed by atoms with van der Waals surface area (Å²) in [6.07, 6.45) is 0.0641. The van der Waals surface area contributed by atoms with Crippen LogP contribution in [-0.4, -0.2) is 30.0 Å². The lowest BCUT2D eigenvalue weighted by molar-refractivity contribution is -0.148. The SMILES string of the molecule is O=C(CCC(=O)OCC(=O)Nc1ccc(Cl)cc1)CCC(=O)c1cccs1. The van der Waals surface area contributed by atoms with Gasteiger partial charge in [0.15, 0.2) is 12.4 Å². The average molecular weight is 408 g/mol. The summed E-state index contributed by atoms with van der Waals surface area (Å²) >= 11 is 7.08. The standard InChI is InChI=1S/C19H18ClNO5S/c20-13-3-5-14(6-4-13)21-18(24)12-26-19(25)10-8-15(22)7-9-16(23)17-2-1-11-27-17/h1-6,11H,7-10,12H2,(H,21,24). The van der Waals surface area contributed by atoms with Gasteiger partial charge >= 0.3 is 5.97 Å². The number of ether oxygens (including phenoxy) is 1. The summed E-state index contributed by atoms with van der Waals surface area (Å²) in [6, 6.07) is 9.98. The molecule has 1 N–H and O–H groups in total. The van der Waals surface area contributed by atoms with Gasteiger partial charge in [0.1, 0.15) is 5.78 Å². The molecule has 0 spiro atoms. The van der Waals surface area contributed by atoms with Crippen LogP contribution in [0.3, 0.4) is 0 Å². The lowest BCUT2D eigenvalue weighted by Gasteiger charge is -2.06. The van der Waals surface area contributed by atoms with Crippen molar-refractivity contribution in [1.29, 1.82) is 0 Å². The highest BCUT2D eigenvalue weighted by Gasteiger charge is 2.13. The molecule has 0 aliphatic rings. The van der Waals surface area contributed by atoms with Crippen molar-refractivity contribution in [2.75, 3.05) is 11.9 Å². The van der Waals surface area contributed by atoms with E-state index in [1.165, 1.54) is 11.3 Å². The molecule has 2 rings (SSSR count). The second kappa shape index (κ2) is 10.6. The van der Waals surface area contributed by atoms with Crippen LogP contribution in [0, 0.1) is 0 Å². The van der Waals surface area contributed by atoms with E-state index in [1.54, 1.807) is 41.8 Å². The molecule has 1 aromatic heterocycles. The monoisotopic (exact) mass is 407 g/mol. The highest BCUT2D eigenvalue weighted by molar-refractivity contribution is 7.12. The molecule has 1 heterocycles. The number of Topliss-reactive ketones (excluding diaryl/α,β-unsaturated/α-hetero) is 2. The number of hydrogen-bond acceptors (Lipinski definition) is 6. The fourth-order valence-corrected chi connectivity index (χ4v) is 2.95. The molecule has 27 heavy (non-hydrogen) atoms. The second-order valence-corrected chi connectivity index (χ2v) is 7.04. The number of anilines is 1. The van der Waals surface area contributed by atoms with Crippen LogP contribution in [0.2, 0.25) is 5.02 Å². The van der Waals surface area contributed by atoms with Gasteiger partial charge < -0.3 is 10.1 Å². The van der Waals surface area contributed by atoms with Crippen LogP contribution in [0.25, 0.3) is 0 Å². The third-order valence-corrected chi connectivity index (χ3v) is 4.69. The Labute approximate surface area is 165 Å². The van der Waals surface area contributed by atoms with Gasteiger partial charge in [-0.3, -0.25) is 19.2 Å². The van der Waals surface area contributed by atoms with E-state index in [0.29, 0.717) is 15.6 Å². The topological polar surface area (TPSA) is 89.5 Å². The third-order valence-electron chi connectivity index (χ3n) is 3.53. The molecule has 0 radical (unpaired) electrons. The number of nitrogens with one attached hydrogen (secondary N) is 1. The number of halogens is 1. The normalized spacial score (nSPS) is 10.3. The third kappa shape index (κ3) is 7.72. The van der Waals surface area contributed by atoms with Crippen molar-refractivity contribution in [2.24, 2.45) is 0 Å². The Morgan fingerprint density at radius 1 is 0.963 bits per heavy atom. The summed E-state index contributed by atoms with van der Waals surface area (Å²) < 4.78 is 4.84. The summed E-state index contributed by atoms with van der Waals surface area (Å²) in [7, 11) is 0. The van der Waals surface area contributed by atoms with Gasteiger partial charge in [-0.25, -0.2) is 0 Å². The van der Waals surface area contributed by atoms with Gasteiger partial charge in [0.25, 0.3) is 5.91 Å². The maximum absolute atomic E-state index is 11.8. The first-order valence-corrected chi connectivity index (χ1v) is 9.49. The first-order chi connectivity index (χ1) is 12.9. The van der Waals surface area contributed by atoms with Crippen molar-refractivity contribution in [3.8, 4) is 0 Å². The van der Waals surface area contributed by atoms with E-state index in [0.717, 1.165) is 0 Å². The van der Waals surface area contributed by atoms with E-state index >= 15 is 0 Å². The zero-order valence-electron chi connectivity index (χ0n) is 14.4. The van der Waals surface area contributed by atoms with Crippen molar-refractivity contribution in [3.63, 3.8) is 0 Å². The molecule has 1 aromatic carbocycles. The van der Waals surface area contributed by atoms with E-state index in [1.807, 2.05) is 0 Å². The Morgan fingerprint density at radius 2 is 1.67 bits per heavy atom. The Bertz CT molecular complexity index is 802. The highest BCUT2D eigenvalue weighted by Crippen LogP contribution is 2.14. The van der Waals surface area contributed by atoms with Crippen molar-refractivity contribution in [2.45, 2.75) is 25.7 Å². The molecule has 0 aliphatic heterocycles. The molecule has 0 bridgehead atoms. The quantitative estimate of drug-likeness (QED) is 0.476. The Balaban J connectivity index is 1.60. The molecule has 142 valence electrons. The largest absolute Gasteiger partial charge is 0.456 e. The molecule has 6 nitrogen and oxygen atoms in total. The van der Waals surface area contributed by atoms with Gasteiger partial charge in [-0.15, -0.1) is 11.3 Å². The molecule has 0 fully saturated rings. The van der Waals surface area contributed by atoms with E-state index in [9.17, 15) is 19.2 Å². The van der Waals surface area contributed by atoms with Crippen LogP contribution < -0.4 is 5.32 Å². The number of hydrogen-bond donors (Lipinski definition) is 1. The van der Waals surface area contributed by atoms with Crippen LogP contribution in [0.5, 0.6) is 0 Å². The first-order valence-electron chi connectivity index (χ1n) is 8.23. The predicted octanol–water partition coefficient (Wildman–Crippen LogP) is 3.90. The van der Waals surface area contributed by atoms with Gasteiger partial charge in [-0.1, -0.05) is 17.7 Å². The molecule has 0 saturated heterocycles. The van der Waals surface area contributed by atoms with E-state index in [4.69, 9.17) is 16.3 Å². The molecule has 8 heteroatoms. The zero-order chi connectivity index (χ0) is 19.6. The minimum Gasteiger partial charge on any atom is -0.456 e. The van der Waals surface area contributed by atoms with E-state index in [-0.39, 0.29) is 37.2 Å². The zero-order valence-corrected chi connectivity index (χ0v) is 16.0. The summed E-state index contributed by atoms with van der Waals surface area (Å²) in [6.45, 7) is -0.438. The predicted molar refractivity (Wildman–Crippen MR) is 103 cm³/mol. The van der Waals surface area contributed by atoms with Gasteiger partial charge in [-0.2, -0.15) is 0 Å². The lowest BCUT2D eigenvalue weighted by Crippen LogP contribution is -2.21. The second-order valence-electron chi connectivity index (χ2n) is 5.65. The molecule has 0 atom stereocenters. The van der Waals surface area contributed by atoms with Crippen LogP contribution in [0.15, 0.2) is 41.8 Å². The molecular weight excluding hydrogens is 390 g/mol. The minimum absolute atomic E-state index is 0.0185. The van der Waals surface area contributed by atoms with Crippen LogP contribution in [-0.2, 0) is 19.1 Å². The Hall–Kier alpha value is -2.51. The number of carbonyl (C=O) groups excluding carboxylic acids is 4. The van der Waals surface area contributed by atoms with Gasteiger partial charge in [0, 0.05) is 30.0 Å². The Kier molecular flexibility index (Phi) is 8.16. The van der Waals surface area contributed by atoms with Crippen molar-refractivity contribution in [3.05, 3.63) is 51.7 Å². The maximum atomic E-state index is 11.8. The molecule has 2 aromatic rings. The van der Waals surface area contributed by atoms with E-state index in [2.05, 4.69) is 5.32 Å². The van der Waals surface area contributed by atoms with Gasteiger partial charge in [0.2, 0.25) is 0 Å². The Morgan fingerprint density at radius 3 is 2.33 bits per heavy atom. The highest BCUT2D eigenvalue weighted by atomic mass is 35.5. The maximum Gasteiger partial charge on any atom is 0.306 e. The van der Waals surface area contributed by atoms with Gasteiger partial charge in [-0.05, 0) is 35.7 Å². The number of amides is 1. The van der Waals surface area contributed by atoms with Crippen molar-refractivity contribution in [1.82, 2.24) is 0 Å². The van der Waals surface area contributed by atoms with E-state index < -0.39 is 18.5 Å².